The second-order valence-electron chi connectivity index (χ2n) is 5.77. The van der Waals surface area contributed by atoms with Crippen LogP contribution in [0.15, 0.2) is 0 Å². The Morgan fingerprint density at radius 3 is 2.50 bits per heavy atom. The molecule has 3 nitrogen and oxygen atoms in total. The van der Waals surface area contributed by atoms with Crippen LogP contribution in [0.4, 0.5) is 0 Å². The lowest BCUT2D eigenvalue weighted by atomic mass is 9.73. The van der Waals surface area contributed by atoms with E-state index in [-0.39, 0.29) is 5.91 Å². The number of amides is 1. The van der Waals surface area contributed by atoms with Crippen LogP contribution in [0.5, 0.6) is 0 Å². The largest absolute Gasteiger partial charge is 0.356 e. The van der Waals surface area contributed by atoms with Gasteiger partial charge in [-0.2, -0.15) is 0 Å². The maximum absolute atomic E-state index is 11.4. The maximum Gasteiger partial charge on any atom is 0.221 e. The molecule has 0 spiro atoms. The molecule has 1 amide bonds. The number of hydrogen-bond acceptors (Lipinski definition) is 2. The van der Waals surface area contributed by atoms with Gasteiger partial charge < -0.3 is 10.6 Å². The van der Waals surface area contributed by atoms with Crippen LogP contribution in [0.1, 0.15) is 46.0 Å². The molecule has 1 aliphatic carbocycles. The summed E-state index contributed by atoms with van der Waals surface area (Å²) in [4.78, 5) is 11.4. The zero-order valence-corrected chi connectivity index (χ0v) is 10.9. The van der Waals surface area contributed by atoms with Crippen molar-refractivity contribution in [2.45, 2.75) is 46.0 Å². The molecule has 0 aromatic heterocycles. The molecule has 0 unspecified atom stereocenters. The van der Waals surface area contributed by atoms with E-state index >= 15 is 0 Å². The van der Waals surface area contributed by atoms with E-state index < -0.39 is 0 Å². The van der Waals surface area contributed by atoms with Crippen molar-refractivity contribution in [1.82, 2.24) is 10.6 Å². The maximum atomic E-state index is 11.4. The molecular weight excluding hydrogens is 200 g/mol. The Bertz CT molecular complexity index is 216. The smallest absolute Gasteiger partial charge is 0.221 e. The van der Waals surface area contributed by atoms with Crippen molar-refractivity contribution in [2.24, 2.45) is 11.3 Å². The second-order valence-corrected chi connectivity index (χ2v) is 5.77. The van der Waals surface area contributed by atoms with Crippen LogP contribution in [0.25, 0.3) is 0 Å². The van der Waals surface area contributed by atoms with Crippen molar-refractivity contribution < 1.29 is 4.79 Å². The summed E-state index contributed by atoms with van der Waals surface area (Å²) < 4.78 is 0. The van der Waals surface area contributed by atoms with Crippen LogP contribution < -0.4 is 10.6 Å². The van der Waals surface area contributed by atoms with E-state index in [1.54, 1.807) is 0 Å². The Labute approximate surface area is 99.4 Å². The molecule has 1 aliphatic rings. The molecule has 1 fully saturated rings. The third-order valence-electron chi connectivity index (χ3n) is 3.65. The van der Waals surface area contributed by atoms with Gasteiger partial charge in [-0.15, -0.1) is 0 Å². The van der Waals surface area contributed by atoms with Crippen LogP contribution >= 0.6 is 0 Å². The van der Waals surface area contributed by atoms with Gasteiger partial charge >= 0.3 is 0 Å². The van der Waals surface area contributed by atoms with Gasteiger partial charge in [-0.1, -0.05) is 13.8 Å². The van der Waals surface area contributed by atoms with Crippen LogP contribution in [0, 0.1) is 11.3 Å². The fraction of sp³-hybridized carbons (Fsp3) is 0.923. The summed E-state index contributed by atoms with van der Waals surface area (Å²) in [5, 5.41) is 6.02. The minimum Gasteiger partial charge on any atom is -0.356 e. The van der Waals surface area contributed by atoms with Gasteiger partial charge in [0.05, 0.1) is 0 Å². The molecule has 1 rings (SSSR count). The molecule has 0 heterocycles. The molecule has 0 aliphatic heterocycles. The number of hydrogen-bond donors (Lipinski definition) is 2. The van der Waals surface area contributed by atoms with Crippen LogP contribution in [-0.4, -0.2) is 26.0 Å². The molecule has 0 aromatic carbocycles. The lowest BCUT2D eigenvalue weighted by molar-refractivity contribution is -0.121. The third kappa shape index (κ3) is 4.97. The summed E-state index contributed by atoms with van der Waals surface area (Å²) >= 11 is 0. The minimum atomic E-state index is 0.180. The number of carbonyl (C=O) groups is 1. The quantitative estimate of drug-likeness (QED) is 0.752. The Kier molecular flexibility index (Phi) is 5.26. The van der Waals surface area contributed by atoms with Crippen LogP contribution in [0.2, 0.25) is 0 Å². The van der Waals surface area contributed by atoms with E-state index in [1.807, 2.05) is 7.05 Å². The van der Waals surface area contributed by atoms with Crippen molar-refractivity contribution >= 4 is 5.91 Å². The highest BCUT2D eigenvalue weighted by Gasteiger charge is 2.26. The number of carbonyl (C=O) groups excluding carboxylic acids is 1. The summed E-state index contributed by atoms with van der Waals surface area (Å²) in [7, 11) is 1.87. The molecule has 0 atom stereocenters. The van der Waals surface area contributed by atoms with Gasteiger partial charge in [-0.05, 0) is 44.1 Å². The Morgan fingerprint density at radius 1 is 1.31 bits per heavy atom. The van der Waals surface area contributed by atoms with E-state index in [1.165, 1.54) is 25.7 Å². The first-order chi connectivity index (χ1) is 7.53. The summed E-state index contributed by atoms with van der Waals surface area (Å²) in [6.45, 7) is 6.32. The predicted molar refractivity (Wildman–Crippen MR) is 67.3 cm³/mol. The van der Waals surface area contributed by atoms with E-state index in [4.69, 9.17) is 0 Å². The van der Waals surface area contributed by atoms with Gasteiger partial charge in [0.15, 0.2) is 0 Å². The highest BCUT2D eigenvalue weighted by atomic mass is 16.1. The van der Waals surface area contributed by atoms with E-state index in [0.29, 0.717) is 17.8 Å². The second kappa shape index (κ2) is 6.24. The summed E-state index contributed by atoms with van der Waals surface area (Å²) in [5.41, 5.74) is 0.520. The van der Waals surface area contributed by atoms with Crippen LogP contribution in [-0.2, 0) is 4.79 Å². The van der Waals surface area contributed by atoms with Gasteiger partial charge in [0, 0.05) is 19.5 Å². The van der Waals surface area contributed by atoms with Gasteiger partial charge in [-0.3, -0.25) is 4.79 Å². The lowest BCUT2D eigenvalue weighted by Crippen LogP contribution is -2.33. The molecule has 0 radical (unpaired) electrons. The Hall–Kier alpha value is -0.570. The SMILES string of the molecule is CNCCC(=O)NCC1CCC(C)(C)CC1. The highest BCUT2D eigenvalue weighted by molar-refractivity contribution is 5.76. The van der Waals surface area contributed by atoms with E-state index in [2.05, 4.69) is 24.5 Å². The van der Waals surface area contributed by atoms with Crippen molar-refractivity contribution in [3.05, 3.63) is 0 Å². The Morgan fingerprint density at radius 2 is 1.94 bits per heavy atom. The zero-order valence-electron chi connectivity index (χ0n) is 10.9. The summed E-state index contributed by atoms with van der Waals surface area (Å²) in [6.07, 6.45) is 5.71. The van der Waals surface area contributed by atoms with E-state index in [9.17, 15) is 4.79 Å². The first-order valence-electron chi connectivity index (χ1n) is 6.45. The fourth-order valence-electron chi connectivity index (χ4n) is 2.25. The molecule has 2 N–H and O–H groups in total. The molecule has 1 saturated carbocycles. The average molecular weight is 226 g/mol. The van der Waals surface area contributed by atoms with E-state index in [0.717, 1.165) is 13.1 Å². The molecule has 16 heavy (non-hydrogen) atoms. The molecule has 94 valence electrons. The lowest BCUT2D eigenvalue weighted by Gasteiger charge is -2.34. The van der Waals surface area contributed by atoms with Crippen molar-refractivity contribution in [2.75, 3.05) is 20.1 Å². The fourth-order valence-corrected chi connectivity index (χ4v) is 2.25. The zero-order chi connectivity index (χ0) is 12.0. The van der Waals surface area contributed by atoms with Crippen molar-refractivity contribution in [3.8, 4) is 0 Å². The molecule has 0 saturated heterocycles. The summed E-state index contributed by atoms with van der Waals surface area (Å²) in [5.74, 6) is 0.880. The number of rotatable bonds is 5. The summed E-state index contributed by atoms with van der Waals surface area (Å²) in [6, 6.07) is 0. The van der Waals surface area contributed by atoms with Crippen LogP contribution in [0.3, 0.4) is 0 Å². The minimum absolute atomic E-state index is 0.180. The third-order valence-corrected chi connectivity index (χ3v) is 3.65. The van der Waals surface area contributed by atoms with Crippen molar-refractivity contribution in [3.63, 3.8) is 0 Å². The normalized spacial score (nSPS) is 20.7. The topological polar surface area (TPSA) is 41.1 Å². The van der Waals surface area contributed by atoms with Gasteiger partial charge in [0.2, 0.25) is 5.91 Å². The van der Waals surface area contributed by atoms with Gasteiger partial charge in [0.1, 0.15) is 0 Å². The van der Waals surface area contributed by atoms with Crippen molar-refractivity contribution in [1.29, 1.82) is 0 Å². The first-order valence-corrected chi connectivity index (χ1v) is 6.45. The predicted octanol–water partition coefficient (Wildman–Crippen LogP) is 1.93. The monoisotopic (exact) mass is 226 g/mol. The average Bonchev–Trinajstić information content (AvgIpc) is 2.25. The number of nitrogens with one attached hydrogen (secondary N) is 2. The van der Waals surface area contributed by atoms with Gasteiger partial charge in [-0.25, -0.2) is 0 Å². The molecule has 3 heteroatoms. The molecular formula is C13H26N2O. The van der Waals surface area contributed by atoms with Gasteiger partial charge in [0.25, 0.3) is 0 Å². The first kappa shape index (κ1) is 13.5. The molecule has 0 bridgehead atoms. The molecule has 0 aromatic rings. The highest BCUT2D eigenvalue weighted by Crippen LogP contribution is 2.37. The Balaban J connectivity index is 2.12. The standard InChI is InChI=1S/C13H26N2O/c1-13(2)7-4-11(5-8-13)10-15-12(16)6-9-14-3/h11,14H,4-10H2,1-3H3,(H,15,16).